The Balaban J connectivity index is 2.27. The van der Waals surface area contributed by atoms with Crippen LogP contribution in [0.15, 0.2) is 0 Å². The van der Waals surface area contributed by atoms with Gasteiger partial charge in [-0.05, 0) is 25.9 Å². The van der Waals surface area contributed by atoms with Gasteiger partial charge in [-0.15, -0.1) is 6.42 Å². The molecule has 1 heterocycles. The van der Waals surface area contributed by atoms with E-state index in [-0.39, 0.29) is 13.1 Å². The first kappa shape index (κ1) is 15.3. The van der Waals surface area contributed by atoms with Crippen LogP contribution in [0, 0.1) is 12.3 Å². The second-order valence-electron chi connectivity index (χ2n) is 4.59. The first-order valence-corrected chi connectivity index (χ1v) is 6.54. The summed E-state index contributed by atoms with van der Waals surface area (Å²) in [5.74, 6) is 1.22. The Morgan fingerprint density at radius 3 is 2.58 bits per heavy atom. The zero-order chi connectivity index (χ0) is 14.1. The molecule has 19 heavy (non-hydrogen) atoms. The van der Waals surface area contributed by atoms with Gasteiger partial charge in [-0.1, -0.05) is 12.3 Å². The molecular formula is C13H21N3O3. The molecule has 1 aliphatic heterocycles. The van der Waals surface area contributed by atoms with E-state index in [1.165, 1.54) is 19.3 Å². The second-order valence-corrected chi connectivity index (χ2v) is 4.59. The maximum atomic E-state index is 11.7. The fourth-order valence-corrected chi connectivity index (χ4v) is 2.09. The molecule has 0 saturated carbocycles. The molecule has 2 amide bonds. The van der Waals surface area contributed by atoms with Crippen LogP contribution in [0.5, 0.6) is 0 Å². The Kier molecular flexibility index (Phi) is 6.75. The number of amides is 2. The highest BCUT2D eigenvalue weighted by atomic mass is 16.4. The Hall–Kier alpha value is -1.74. The number of piperidine rings is 1. The number of carboxylic acid groups (broad SMARTS) is 1. The average Bonchev–Trinajstić information content (AvgIpc) is 2.39. The van der Waals surface area contributed by atoms with Gasteiger partial charge >= 0.3 is 12.0 Å². The summed E-state index contributed by atoms with van der Waals surface area (Å²) in [6.07, 6.45) is 8.80. The van der Waals surface area contributed by atoms with Crippen molar-refractivity contribution in [1.29, 1.82) is 0 Å². The molecule has 0 aliphatic carbocycles. The molecule has 1 aliphatic rings. The Morgan fingerprint density at radius 2 is 2.00 bits per heavy atom. The molecule has 0 spiro atoms. The molecule has 6 heteroatoms. The highest BCUT2D eigenvalue weighted by Gasteiger charge is 2.16. The normalized spacial score (nSPS) is 15.5. The molecule has 106 valence electrons. The van der Waals surface area contributed by atoms with Gasteiger partial charge in [-0.25, -0.2) is 4.79 Å². The molecule has 1 rings (SSSR count). The number of nitrogens with zero attached hydrogens (tertiary/aromatic N) is 2. The molecular weight excluding hydrogens is 246 g/mol. The number of hydrogen-bond donors (Lipinski definition) is 2. The van der Waals surface area contributed by atoms with E-state index < -0.39 is 12.0 Å². The van der Waals surface area contributed by atoms with Crippen LogP contribution in [-0.2, 0) is 4.79 Å². The number of carbonyl (C=O) groups is 2. The number of carbonyl (C=O) groups excluding carboxylic acids is 1. The molecule has 2 N–H and O–H groups in total. The minimum absolute atomic E-state index is 0.00183. The van der Waals surface area contributed by atoms with Gasteiger partial charge in [0, 0.05) is 13.1 Å². The van der Waals surface area contributed by atoms with Crippen molar-refractivity contribution >= 4 is 12.0 Å². The first-order valence-electron chi connectivity index (χ1n) is 6.54. The Labute approximate surface area is 113 Å². The third-order valence-electron chi connectivity index (χ3n) is 3.05. The van der Waals surface area contributed by atoms with E-state index in [1.54, 1.807) is 0 Å². The number of aliphatic carboxylic acids is 1. The van der Waals surface area contributed by atoms with Gasteiger partial charge in [0.25, 0.3) is 0 Å². The summed E-state index contributed by atoms with van der Waals surface area (Å²) in [4.78, 5) is 25.8. The lowest BCUT2D eigenvalue weighted by molar-refractivity contribution is -0.137. The van der Waals surface area contributed by atoms with Gasteiger partial charge in [0.05, 0.1) is 6.54 Å². The van der Waals surface area contributed by atoms with E-state index in [1.807, 2.05) is 0 Å². The summed E-state index contributed by atoms with van der Waals surface area (Å²) < 4.78 is 0. The zero-order valence-corrected chi connectivity index (χ0v) is 11.1. The average molecular weight is 267 g/mol. The third kappa shape index (κ3) is 6.11. The van der Waals surface area contributed by atoms with Crippen molar-refractivity contribution in [3.8, 4) is 12.3 Å². The molecule has 0 aromatic heterocycles. The summed E-state index contributed by atoms with van der Waals surface area (Å²) in [5, 5.41) is 11.4. The number of carboxylic acids is 1. The predicted molar refractivity (Wildman–Crippen MR) is 71.7 cm³/mol. The van der Waals surface area contributed by atoms with E-state index in [2.05, 4.69) is 16.1 Å². The number of terminal acetylenes is 1. The van der Waals surface area contributed by atoms with Gasteiger partial charge < -0.3 is 20.2 Å². The lowest BCUT2D eigenvalue weighted by Crippen LogP contribution is -2.45. The molecule has 0 aromatic carbocycles. The second kappa shape index (κ2) is 8.38. The van der Waals surface area contributed by atoms with Gasteiger partial charge in [-0.3, -0.25) is 4.79 Å². The summed E-state index contributed by atoms with van der Waals surface area (Å²) in [5.41, 5.74) is 0. The minimum Gasteiger partial charge on any atom is -0.480 e. The maximum absolute atomic E-state index is 11.7. The molecule has 6 nitrogen and oxygen atoms in total. The highest BCUT2D eigenvalue weighted by molar-refractivity contribution is 5.80. The molecule has 0 radical (unpaired) electrons. The highest BCUT2D eigenvalue weighted by Crippen LogP contribution is 2.07. The predicted octanol–water partition coefficient (Wildman–Crippen LogP) is 0.202. The molecule has 0 bridgehead atoms. The standard InChI is InChI=1S/C13H21N3O3/c1-2-7-16(11-12(17)18)13(19)14-6-10-15-8-4-3-5-9-15/h1H,3-11H2,(H,14,19)(H,17,18). The van der Waals surface area contributed by atoms with Crippen LogP contribution in [0.25, 0.3) is 0 Å². The van der Waals surface area contributed by atoms with E-state index in [9.17, 15) is 9.59 Å². The summed E-state index contributed by atoms with van der Waals surface area (Å²) in [7, 11) is 0. The summed E-state index contributed by atoms with van der Waals surface area (Å²) in [6.45, 7) is 3.07. The Bertz CT molecular complexity index is 346. The van der Waals surface area contributed by atoms with Crippen molar-refractivity contribution in [2.24, 2.45) is 0 Å². The van der Waals surface area contributed by atoms with Crippen LogP contribution in [0.3, 0.4) is 0 Å². The lowest BCUT2D eigenvalue weighted by atomic mass is 10.1. The smallest absolute Gasteiger partial charge is 0.323 e. The van der Waals surface area contributed by atoms with Crippen LogP contribution < -0.4 is 5.32 Å². The van der Waals surface area contributed by atoms with Crippen molar-refractivity contribution in [3.63, 3.8) is 0 Å². The third-order valence-corrected chi connectivity index (χ3v) is 3.05. The van der Waals surface area contributed by atoms with E-state index >= 15 is 0 Å². The number of hydrogen-bond acceptors (Lipinski definition) is 3. The van der Waals surface area contributed by atoms with Crippen LogP contribution in [0.2, 0.25) is 0 Å². The summed E-state index contributed by atoms with van der Waals surface area (Å²) in [6, 6.07) is -0.419. The largest absolute Gasteiger partial charge is 0.480 e. The Morgan fingerprint density at radius 1 is 1.32 bits per heavy atom. The quantitative estimate of drug-likeness (QED) is 0.674. The first-order chi connectivity index (χ1) is 9.13. The van der Waals surface area contributed by atoms with Gasteiger partial charge in [0.2, 0.25) is 0 Å². The zero-order valence-electron chi connectivity index (χ0n) is 11.1. The van der Waals surface area contributed by atoms with Crippen LogP contribution >= 0.6 is 0 Å². The fourth-order valence-electron chi connectivity index (χ4n) is 2.09. The van der Waals surface area contributed by atoms with E-state index in [0.29, 0.717) is 6.54 Å². The van der Waals surface area contributed by atoms with Crippen LogP contribution in [0.4, 0.5) is 4.79 Å². The molecule has 0 unspecified atom stereocenters. The molecule has 0 aromatic rings. The van der Waals surface area contributed by atoms with E-state index in [4.69, 9.17) is 11.5 Å². The van der Waals surface area contributed by atoms with Crippen molar-refractivity contribution in [3.05, 3.63) is 0 Å². The number of rotatable bonds is 6. The number of urea groups is 1. The van der Waals surface area contributed by atoms with Crippen molar-refractivity contribution in [2.75, 3.05) is 39.3 Å². The molecule has 0 atom stereocenters. The SMILES string of the molecule is C#CCN(CC(=O)O)C(=O)NCCN1CCCCC1. The van der Waals surface area contributed by atoms with Gasteiger partial charge in [0.15, 0.2) is 0 Å². The lowest BCUT2D eigenvalue weighted by Gasteiger charge is -2.27. The fraction of sp³-hybridized carbons (Fsp3) is 0.692. The van der Waals surface area contributed by atoms with Crippen molar-refractivity contribution < 1.29 is 14.7 Å². The summed E-state index contributed by atoms with van der Waals surface area (Å²) >= 11 is 0. The minimum atomic E-state index is -1.07. The van der Waals surface area contributed by atoms with Crippen molar-refractivity contribution in [1.82, 2.24) is 15.1 Å². The molecule has 1 fully saturated rings. The van der Waals surface area contributed by atoms with Crippen molar-refractivity contribution in [2.45, 2.75) is 19.3 Å². The van der Waals surface area contributed by atoms with Gasteiger partial charge in [0.1, 0.15) is 6.54 Å². The maximum Gasteiger partial charge on any atom is 0.323 e. The number of likely N-dealkylation sites (tertiary alicyclic amines) is 1. The number of nitrogens with one attached hydrogen (secondary N) is 1. The monoisotopic (exact) mass is 267 g/mol. The van der Waals surface area contributed by atoms with Gasteiger partial charge in [-0.2, -0.15) is 0 Å². The van der Waals surface area contributed by atoms with Crippen LogP contribution in [-0.4, -0.2) is 66.2 Å². The molecule has 1 saturated heterocycles. The topological polar surface area (TPSA) is 72.9 Å². The van der Waals surface area contributed by atoms with E-state index in [0.717, 1.165) is 24.5 Å². The van der Waals surface area contributed by atoms with Crippen LogP contribution in [0.1, 0.15) is 19.3 Å².